The highest BCUT2D eigenvalue weighted by atomic mass is 16.6. The summed E-state index contributed by atoms with van der Waals surface area (Å²) >= 11 is 0. The molecule has 2 atom stereocenters. The number of amides is 1. The molecule has 0 aromatic heterocycles. The van der Waals surface area contributed by atoms with Crippen LogP contribution < -0.4 is 0 Å². The third-order valence-electron chi connectivity index (χ3n) is 4.33. The summed E-state index contributed by atoms with van der Waals surface area (Å²) in [7, 11) is 0. The molecule has 20 heavy (non-hydrogen) atoms. The lowest BCUT2D eigenvalue weighted by Gasteiger charge is -2.35. The Bertz CT molecular complexity index is 509. The lowest BCUT2D eigenvalue weighted by Crippen LogP contribution is -2.46. The van der Waals surface area contributed by atoms with Gasteiger partial charge in [-0.25, -0.2) is 4.79 Å². The zero-order valence-electron chi connectivity index (χ0n) is 11.4. The molecule has 0 spiro atoms. The molecule has 4 heteroatoms. The van der Waals surface area contributed by atoms with Crippen LogP contribution in [0.15, 0.2) is 30.3 Å². The van der Waals surface area contributed by atoms with Crippen LogP contribution in [0.25, 0.3) is 0 Å². The van der Waals surface area contributed by atoms with Crippen molar-refractivity contribution in [1.29, 1.82) is 5.26 Å². The average molecular weight is 270 g/mol. The molecule has 2 saturated heterocycles. The molecule has 0 saturated carbocycles. The monoisotopic (exact) mass is 270 g/mol. The number of benzene rings is 1. The molecule has 104 valence electrons. The van der Waals surface area contributed by atoms with Crippen LogP contribution in [0, 0.1) is 17.2 Å². The molecule has 3 rings (SSSR count). The molecule has 0 aliphatic carbocycles. The van der Waals surface area contributed by atoms with Gasteiger partial charge in [0.2, 0.25) is 0 Å². The number of rotatable bonds is 2. The van der Waals surface area contributed by atoms with Gasteiger partial charge < -0.3 is 9.64 Å². The summed E-state index contributed by atoms with van der Waals surface area (Å²) < 4.78 is 5.42. The SMILES string of the molecule is N#CC1C[C@@H]2CC[C@@H](C1)N2C(=O)OCc1ccccc1. The van der Waals surface area contributed by atoms with Crippen molar-refractivity contribution < 1.29 is 9.53 Å². The fraction of sp³-hybridized carbons (Fsp3) is 0.500. The number of nitriles is 1. The van der Waals surface area contributed by atoms with Gasteiger partial charge in [-0.15, -0.1) is 0 Å². The zero-order chi connectivity index (χ0) is 13.9. The van der Waals surface area contributed by atoms with E-state index in [9.17, 15) is 4.79 Å². The van der Waals surface area contributed by atoms with Gasteiger partial charge in [-0.3, -0.25) is 0 Å². The zero-order valence-corrected chi connectivity index (χ0v) is 11.4. The summed E-state index contributed by atoms with van der Waals surface area (Å²) in [5.74, 6) is 0.102. The fourth-order valence-corrected chi connectivity index (χ4v) is 3.37. The maximum Gasteiger partial charge on any atom is 0.410 e. The molecule has 2 aliphatic heterocycles. The molecule has 1 aromatic carbocycles. The Morgan fingerprint density at radius 1 is 1.25 bits per heavy atom. The Hall–Kier alpha value is -2.02. The van der Waals surface area contributed by atoms with E-state index in [4.69, 9.17) is 10.00 Å². The summed E-state index contributed by atoms with van der Waals surface area (Å²) in [5.41, 5.74) is 1.00. The molecule has 2 bridgehead atoms. The second kappa shape index (κ2) is 5.54. The van der Waals surface area contributed by atoms with Gasteiger partial charge >= 0.3 is 6.09 Å². The lowest BCUT2D eigenvalue weighted by atomic mass is 9.92. The van der Waals surface area contributed by atoms with Gasteiger partial charge in [0.15, 0.2) is 0 Å². The van der Waals surface area contributed by atoms with Crippen molar-refractivity contribution in [1.82, 2.24) is 4.90 Å². The third-order valence-corrected chi connectivity index (χ3v) is 4.33. The van der Waals surface area contributed by atoms with Gasteiger partial charge in [0.25, 0.3) is 0 Å². The standard InChI is InChI=1S/C16H18N2O2/c17-10-13-8-14-6-7-15(9-13)18(14)16(19)20-11-12-4-2-1-3-5-12/h1-5,13-15H,6-9,11H2/t14-,15-/m0/s1. The molecule has 2 heterocycles. The smallest absolute Gasteiger partial charge is 0.410 e. The molecule has 0 radical (unpaired) electrons. The summed E-state index contributed by atoms with van der Waals surface area (Å²) in [5, 5.41) is 9.05. The lowest BCUT2D eigenvalue weighted by molar-refractivity contribution is 0.0588. The van der Waals surface area contributed by atoms with Crippen molar-refractivity contribution in [3.8, 4) is 6.07 Å². The molecular formula is C16H18N2O2. The van der Waals surface area contributed by atoms with E-state index < -0.39 is 0 Å². The topological polar surface area (TPSA) is 53.3 Å². The van der Waals surface area contributed by atoms with Crippen molar-refractivity contribution in [2.75, 3.05) is 0 Å². The van der Waals surface area contributed by atoms with Gasteiger partial charge in [-0.1, -0.05) is 30.3 Å². The normalized spacial score (nSPS) is 27.9. The van der Waals surface area contributed by atoms with Crippen molar-refractivity contribution in [3.63, 3.8) is 0 Å². The Labute approximate surface area is 118 Å². The van der Waals surface area contributed by atoms with E-state index in [0.29, 0.717) is 6.61 Å². The van der Waals surface area contributed by atoms with Crippen LogP contribution in [0.5, 0.6) is 0 Å². The van der Waals surface area contributed by atoms with Crippen LogP contribution in [-0.4, -0.2) is 23.1 Å². The van der Waals surface area contributed by atoms with Crippen LogP contribution in [-0.2, 0) is 11.3 Å². The minimum absolute atomic E-state index is 0.102. The summed E-state index contributed by atoms with van der Waals surface area (Å²) in [6.07, 6.45) is 3.38. The first-order valence-corrected chi connectivity index (χ1v) is 7.16. The minimum atomic E-state index is -0.224. The van der Waals surface area contributed by atoms with Gasteiger partial charge in [0.05, 0.1) is 12.0 Å². The second-order valence-corrected chi connectivity index (χ2v) is 5.63. The van der Waals surface area contributed by atoms with Crippen LogP contribution >= 0.6 is 0 Å². The van der Waals surface area contributed by atoms with E-state index in [1.807, 2.05) is 35.2 Å². The first kappa shape index (κ1) is 13.0. The van der Waals surface area contributed by atoms with E-state index in [0.717, 1.165) is 31.2 Å². The molecule has 0 unspecified atom stereocenters. The number of hydrogen-bond acceptors (Lipinski definition) is 3. The average Bonchev–Trinajstić information content (AvgIpc) is 2.76. The van der Waals surface area contributed by atoms with E-state index in [1.54, 1.807) is 0 Å². The van der Waals surface area contributed by atoms with Crippen LogP contribution in [0.4, 0.5) is 4.79 Å². The Morgan fingerprint density at radius 3 is 2.50 bits per heavy atom. The van der Waals surface area contributed by atoms with Gasteiger partial charge in [-0.05, 0) is 31.2 Å². The molecule has 4 nitrogen and oxygen atoms in total. The first-order valence-electron chi connectivity index (χ1n) is 7.16. The van der Waals surface area contributed by atoms with Crippen LogP contribution in [0.3, 0.4) is 0 Å². The Kier molecular flexibility index (Phi) is 3.60. The highest BCUT2D eigenvalue weighted by molar-refractivity contribution is 5.69. The molecule has 1 amide bonds. The number of piperidine rings is 1. The van der Waals surface area contributed by atoms with Crippen LogP contribution in [0.2, 0.25) is 0 Å². The van der Waals surface area contributed by atoms with E-state index >= 15 is 0 Å². The van der Waals surface area contributed by atoms with Gasteiger partial charge in [0.1, 0.15) is 6.61 Å². The molecular weight excluding hydrogens is 252 g/mol. The highest BCUT2D eigenvalue weighted by Gasteiger charge is 2.44. The van der Waals surface area contributed by atoms with E-state index in [1.165, 1.54) is 0 Å². The summed E-state index contributed by atoms with van der Waals surface area (Å²) in [4.78, 5) is 14.1. The number of ether oxygens (including phenoxy) is 1. The maximum atomic E-state index is 12.2. The fourth-order valence-electron chi connectivity index (χ4n) is 3.37. The number of carbonyl (C=O) groups excluding carboxylic acids is 1. The minimum Gasteiger partial charge on any atom is -0.445 e. The molecule has 2 aliphatic rings. The first-order chi connectivity index (χ1) is 9.78. The van der Waals surface area contributed by atoms with E-state index in [-0.39, 0.29) is 24.1 Å². The summed E-state index contributed by atoms with van der Waals surface area (Å²) in [6.45, 7) is 0.317. The van der Waals surface area contributed by atoms with E-state index in [2.05, 4.69) is 6.07 Å². The van der Waals surface area contributed by atoms with Crippen molar-refractivity contribution in [3.05, 3.63) is 35.9 Å². The number of fused-ring (bicyclic) bond motifs is 2. The third kappa shape index (κ3) is 2.49. The van der Waals surface area contributed by atoms with Crippen molar-refractivity contribution in [2.24, 2.45) is 5.92 Å². The number of nitrogens with zero attached hydrogens (tertiary/aromatic N) is 2. The predicted molar refractivity (Wildman–Crippen MR) is 73.6 cm³/mol. The number of carbonyl (C=O) groups is 1. The maximum absolute atomic E-state index is 12.2. The quantitative estimate of drug-likeness (QED) is 0.829. The van der Waals surface area contributed by atoms with Crippen molar-refractivity contribution in [2.45, 2.75) is 44.4 Å². The van der Waals surface area contributed by atoms with Gasteiger partial charge in [-0.2, -0.15) is 5.26 Å². The summed E-state index contributed by atoms with van der Waals surface area (Å²) in [6, 6.07) is 12.4. The second-order valence-electron chi connectivity index (χ2n) is 5.63. The molecule has 1 aromatic rings. The Balaban J connectivity index is 1.60. The van der Waals surface area contributed by atoms with Gasteiger partial charge in [0, 0.05) is 12.1 Å². The largest absolute Gasteiger partial charge is 0.445 e. The highest BCUT2D eigenvalue weighted by Crippen LogP contribution is 2.38. The Morgan fingerprint density at radius 2 is 1.90 bits per heavy atom. The number of hydrogen-bond donors (Lipinski definition) is 0. The van der Waals surface area contributed by atoms with Crippen LogP contribution in [0.1, 0.15) is 31.2 Å². The van der Waals surface area contributed by atoms with Crippen molar-refractivity contribution >= 4 is 6.09 Å². The predicted octanol–water partition coefficient (Wildman–Crippen LogP) is 3.09. The molecule has 2 fully saturated rings. The molecule has 0 N–H and O–H groups in total.